The second-order valence-corrected chi connectivity index (χ2v) is 3.24. The summed E-state index contributed by atoms with van der Waals surface area (Å²) in [6, 6.07) is -0.00699. The Bertz CT molecular complexity index is 241. The molecule has 0 fully saturated rings. The first-order valence-electron chi connectivity index (χ1n) is 4.30. The zero-order chi connectivity index (χ0) is 9.14. The van der Waals surface area contributed by atoms with Crippen molar-refractivity contribution in [2.75, 3.05) is 0 Å². The van der Waals surface area contributed by atoms with Crippen LogP contribution in [0.5, 0.6) is 0 Å². The minimum Gasteiger partial charge on any atom is -0.321 e. The molecule has 0 amide bonds. The summed E-state index contributed by atoms with van der Waals surface area (Å²) < 4.78 is 1.98. The zero-order valence-corrected chi connectivity index (χ0v) is 7.86. The summed E-state index contributed by atoms with van der Waals surface area (Å²) in [7, 11) is 0. The lowest BCUT2D eigenvalue weighted by Crippen LogP contribution is -2.21. The number of hydrogen-bond acceptors (Lipinski definition) is 3. The van der Waals surface area contributed by atoms with Crippen LogP contribution in [0.2, 0.25) is 0 Å². The summed E-state index contributed by atoms with van der Waals surface area (Å²) in [5, 5.41) is 7.83. The Labute approximate surface area is 72.8 Å². The van der Waals surface area contributed by atoms with Gasteiger partial charge >= 0.3 is 0 Å². The molecule has 0 saturated carbocycles. The van der Waals surface area contributed by atoms with Crippen LogP contribution in [0.4, 0.5) is 0 Å². The van der Waals surface area contributed by atoms with Crippen molar-refractivity contribution in [1.82, 2.24) is 14.8 Å². The van der Waals surface area contributed by atoms with E-state index in [0.29, 0.717) is 5.92 Å². The molecule has 0 aliphatic rings. The Hall–Kier alpha value is -0.900. The minimum absolute atomic E-state index is 0.00699. The zero-order valence-electron chi connectivity index (χ0n) is 7.86. The monoisotopic (exact) mass is 168 g/mol. The summed E-state index contributed by atoms with van der Waals surface area (Å²) in [5.74, 6) is 1.28. The Morgan fingerprint density at radius 2 is 2.25 bits per heavy atom. The molecule has 68 valence electrons. The molecule has 0 bridgehead atoms. The number of rotatable bonds is 3. The van der Waals surface area contributed by atoms with Crippen LogP contribution >= 0.6 is 0 Å². The summed E-state index contributed by atoms with van der Waals surface area (Å²) in [6.07, 6.45) is 1.72. The van der Waals surface area contributed by atoms with Gasteiger partial charge in [-0.25, -0.2) is 0 Å². The highest BCUT2D eigenvalue weighted by atomic mass is 15.3. The van der Waals surface area contributed by atoms with Gasteiger partial charge in [0.2, 0.25) is 0 Å². The molecule has 2 N–H and O–H groups in total. The molecule has 0 spiro atoms. The van der Waals surface area contributed by atoms with Gasteiger partial charge in [0.1, 0.15) is 12.2 Å². The number of nitrogens with zero attached hydrogens (tertiary/aromatic N) is 3. The second kappa shape index (κ2) is 3.67. The highest BCUT2D eigenvalue weighted by molar-refractivity contribution is 4.94. The van der Waals surface area contributed by atoms with E-state index in [9.17, 15) is 0 Å². The minimum atomic E-state index is -0.00699. The lowest BCUT2D eigenvalue weighted by atomic mass is 10.1. The molecule has 0 radical (unpaired) electrons. The van der Waals surface area contributed by atoms with Crippen LogP contribution in [0.15, 0.2) is 6.33 Å². The van der Waals surface area contributed by atoms with Crippen LogP contribution in [-0.2, 0) is 6.54 Å². The maximum Gasteiger partial charge on any atom is 0.150 e. The first-order chi connectivity index (χ1) is 5.66. The van der Waals surface area contributed by atoms with Gasteiger partial charge in [-0.05, 0) is 12.8 Å². The van der Waals surface area contributed by atoms with Gasteiger partial charge in [0.05, 0.1) is 6.04 Å². The fraction of sp³-hybridized carbons (Fsp3) is 0.750. The summed E-state index contributed by atoms with van der Waals surface area (Å²) in [5.41, 5.74) is 5.94. The van der Waals surface area contributed by atoms with Gasteiger partial charge in [0, 0.05) is 6.54 Å². The van der Waals surface area contributed by atoms with Crippen molar-refractivity contribution in [3.8, 4) is 0 Å². The Balaban J connectivity index is 2.86. The maximum atomic E-state index is 5.94. The quantitative estimate of drug-likeness (QED) is 0.731. The van der Waals surface area contributed by atoms with Crippen molar-refractivity contribution in [2.24, 2.45) is 11.7 Å². The maximum absolute atomic E-state index is 5.94. The van der Waals surface area contributed by atoms with Crippen molar-refractivity contribution in [3.63, 3.8) is 0 Å². The molecule has 0 aliphatic carbocycles. The number of hydrogen-bond donors (Lipinski definition) is 1. The molecule has 1 rings (SSSR count). The van der Waals surface area contributed by atoms with E-state index in [1.165, 1.54) is 0 Å². The molecule has 1 aromatic heterocycles. The molecule has 0 aromatic carbocycles. The largest absolute Gasteiger partial charge is 0.321 e. The predicted octanol–water partition coefficient (Wildman–Crippen LogP) is 0.954. The van der Waals surface area contributed by atoms with E-state index in [1.54, 1.807) is 6.33 Å². The molecular formula is C8H16N4. The van der Waals surface area contributed by atoms with E-state index in [0.717, 1.165) is 12.4 Å². The van der Waals surface area contributed by atoms with Crippen LogP contribution in [0, 0.1) is 5.92 Å². The Morgan fingerprint density at radius 3 is 2.75 bits per heavy atom. The van der Waals surface area contributed by atoms with E-state index < -0.39 is 0 Å². The van der Waals surface area contributed by atoms with Gasteiger partial charge < -0.3 is 10.3 Å². The molecular weight excluding hydrogens is 152 g/mol. The fourth-order valence-corrected chi connectivity index (χ4v) is 1.06. The normalized spacial score (nSPS) is 13.8. The van der Waals surface area contributed by atoms with E-state index in [4.69, 9.17) is 5.73 Å². The van der Waals surface area contributed by atoms with Gasteiger partial charge in [0.25, 0.3) is 0 Å². The van der Waals surface area contributed by atoms with Crippen molar-refractivity contribution < 1.29 is 0 Å². The van der Waals surface area contributed by atoms with E-state index in [-0.39, 0.29) is 6.04 Å². The van der Waals surface area contributed by atoms with Gasteiger partial charge in [0.15, 0.2) is 0 Å². The fourth-order valence-electron chi connectivity index (χ4n) is 1.06. The topological polar surface area (TPSA) is 56.7 Å². The standard InChI is InChI=1S/C8H16N4/c1-4-12-5-10-11-8(12)7(9)6(2)3/h5-7H,4,9H2,1-3H3/t7-/m1/s1. The molecule has 0 aliphatic heterocycles. The Morgan fingerprint density at radius 1 is 1.58 bits per heavy atom. The lowest BCUT2D eigenvalue weighted by Gasteiger charge is -2.14. The van der Waals surface area contributed by atoms with E-state index in [1.807, 2.05) is 4.57 Å². The molecule has 1 atom stereocenters. The number of aromatic nitrogens is 3. The highest BCUT2D eigenvalue weighted by Gasteiger charge is 2.15. The van der Waals surface area contributed by atoms with Crippen LogP contribution in [0.25, 0.3) is 0 Å². The lowest BCUT2D eigenvalue weighted by molar-refractivity contribution is 0.468. The van der Waals surface area contributed by atoms with E-state index >= 15 is 0 Å². The van der Waals surface area contributed by atoms with Crippen molar-refractivity contribution in [3.05, 3.63) is 12.2 Å². The second-order valence-electron chi connectivity index (χ2n) is 3.24. The summed E-state index contributed by atoms with van der Waals surface area (Å²) >= 11 is 0. The van der Waals surface area contributed by atoms with Crippen LogP contribution < -0.4 is 5.73 Å². The third kappa shape index (κ3) is 1.64. The number of aryl methyl sites for hydroxylation is 1. The van der Waals surface area contributed by atoms with Crippen molar-refractivity contribution in [2.45, 2.75) is 33.4 Å². The smallest absolute Gasteiger partial charge is 0.150 e. The van der Waals surface area contributed by atoms with Crippen LogP contribution in [0.1, 0.15) is 32.6 Å². The van der Waals surface area contributed by atoms with Gasteiger partial charge in [-0.2, -0.15) is 0 Å². The highest BCUT2D eigenvalue weighted by Crippen LogP contribution is 2.15. The first-order valence-corrected chi connectivity index (χ1v) is 4.30. The third-order valence-electron chi connectivity index (χ3n) is 2.00. The van der Waals surface area contributed by atoms with Gasteiger partial charge in [-0.1, -0.05) is 13.8 Å². The van der Waals surface area contributed by atoms with Crippen LogP contribution in [0.3, 0.4) is 0 Å². The van der Waals surface area contributed by atoms with Gasteiger partial charge in [-0.3, -0.25) is 0 Å². The van der Waals surface area contributed by atoms with Gasteiger partial charge in [-0.15, -0.1) is 10.2 Å². The molecule has 0 unspecified atom stereocenters. The third-order valence-corrected chi connectivity index (χ3v) is 2.00. The average Bonchev–Trinajstić information content (AvgIpc) is 2.49. The van der Waals surface area contributed by atoms with Crippen molar-refractivity contribution in [1.29, 1.82) is 0 Å². The SMILES string of the molecule is CCn1cnnc1[C@H](N)C(C)C. The van der Waals surface area contributed by atoms with Crippen LogP contribution in [-0.4, -0.2) is 14.8 Å². The molecule has 4 heteroatoms. The molecule has 1 aromatic rings. The van der Waals surface area contributed by atoms with Crippen molar-refractivity contribution >= 4 is 0 Å². The average molecular weight is 168 g/mol. The molecule has 4 nitrogen and oxygen atoms in total. The first kappa shape index (κ1) is 9.19. The summed E-state index contributed by atoms with van der Waals surface area (Å²) in [4.78, 5) is 0. The molecule has 1 heterocycles. The molecule has 12 heavy (non-hydrogen) atoms. The summed E-state index contributed by atoms with van der Waals surface area (Å²) in [6.45, 7) is 7.10. The van der Waals surface area contributed by atoms with E-state index in [2.05, 4.69) is 31.0 Å². The molecule has 0 saturated heterocycles. The Kier molecular flexibility index (Phi) is 2.81. The number of nitrogens with two attached hydrogens (primary N) is 1. The predicted molar refractivity (Wildman–Crippen MR) is 47.5 cm³/mol.